The van der Waals surface area contributed by atoms with Gasteiger partial charge in [0, 0.05) is 12.1 Å². The summed E-state index contributed by atoms with van der Waals surface area (Å²) in [5.41, 5.74) is 0.452. The third kappa shape index (κ3) is 4.57. The van der Waals surface area contributed by atoms with E-state index in [0.29, 0.717) is 12.1 Å². The number of hydrogen-bond donors (Lipinski definition) is 2. The maximum absolute atomic E-state index is 8.98. The molecule has 2 N–H and O–H groups in total. The maximum atomic E-state index is 8.98. The van der Waals surface area contributed by atoms with Crippen LogP contribution in [0.25, 0.3) is 0 Å². The monoisotopic (exact) mass is 244 g/mol. The highest BCUT2D eigenvalue weighted by Crippen LogP contribution is 2.36. The number of likely N-dealkylation sites (tertiary alicyclic amines) is 1. The van der Waals surface area contributed by atoms with E-state index in [0.717, 1.165) is 19.6 Å². The Morgan fingerprint density at radius 3 is 2.18 bits per heavy atom. The lowest BCUT2D eigenvalue weighted by molar-refractivity contribution is 0.0799. The van der Waals surface area contributed by atoms with Crippen LogP contribution in [0.4, 0.5) is 0 Å². The van der Waals surface area contributed by atoms with Gasteiger partial charge in [-0.1, -0.05) is 27.7 Å². The second-order valence-corrected chi connectivity index (χ2v) is 4.29. The third-order valence-corrected chi connectivity index (χ3v) is 3.65. The van der Waals surface area contributed by atoms with Crippen LogP contribution >= 0.6 is 0 Å². The van der Waals surface area contributed by atoms with Gasteiger partial charge < -0.3 is 10.4 Å². The molecule has 2 heterocycles. The Morgan fingerprint density at radius 2 is 1.65 bits per heavy atom. The second kappa shape index (κ2) is 9.86. The Hall–Kier alpha value is -0.120. The van der Waals surface area contributed by atoms with Crippen molar-refractivity contribution < 1.29 is 5.11 Å². The number of nitrogens with one attached hydrogen (secondary N) is 1. The van der Waals surface area contributed by atoms with E-state index in [1.807, 2.05) is 27.7 Å². The first-order valence-electron chi connectivity index (χ1n) is 7.44. The Bertz CT molecular complexity index is 168. The Labute approximate surface area is 108 Å². The highest BCUT2D eigenvalue weighted by Gasteiger charge is 2.40. The number of piperidine rings is 1. The lowest BCUT2D eigenvalue weighted by Crippen LogP contribution is -2.51. The van der Waals surface area contributed by atoms with Gasteiger partial charge in [0.2, 0.25) is 0 Å². The van der Waals surface area contributed by atoms with Crippen LogP contribution in [0.2, 0.25) is 0 Å². The molecule has 1 spiro atoms. The standard InChI is InChI=1S/C10H20N2O.2C2H6/c13-9-8-12-7-1-2-10(12)3-5-11-6-4-10;2*1-2/h11,13H,1-9H2;2*1-2H3. The van der Waals surface area contributed by atoms with Gasteiger partial charge in [-0.15, -0.1) is 0 Å². The predicted octanol–water partition coefficient (Wildman–Crippen LogP) is 2.25. The average Bonchev–Trinajstić information content (AvgIpc) is 2.79. The van der Waals surface area contributed by atoms with Crippen molar-refractivity contribution in [3.05, 3.63) is 0 Å². The van der Waals surface area contributed by atoms with E-state index >= 15 is 0 Å². The summed E-state index contributed by atoms with van der Waals surface area (Å²) in [5, 5.41) is 12.4. The van der Waals surface area contributed by atoms with Crippen molar-refractivity contribution in [1.82, 2.24) is 10.2 Å². The molecule has 2 rings (SSSR count). The largest absolute Gasteiger partial charge is 0.395 e. The first kappa shape index (κ1) is 16.9. The molecule has 0 atom stereocenters. The predicted molar refractivity (Wildman–Crippen MR) is 75.4 cm³/mol. The molecule has 0 aromatic rings. The van der Waals surface area contributed by atoms with Crippen LogP contribution in [-0.2, 0) is 0 Å². The number of aliphatic hydroxyl groups is 1. The van der Waals surface area contributed by atoms with Crippen LogP contribution in [0.15, 0.2) is 0 Å². The molecule has 0 aromatic heterocycles. The van der Waals surface area contributed by atoms with E-state index in [2.05, 4.69) is 10.2 Å². The zero-order valence-electron chi connectivity index (χ0n) is 12.3. The van der Waals surface area contributed by atoms with E-state index in [-0.39, 0.29) is 0 Å². The van der Waals surface area contributed by atoms with E-state index in [9.17, 15) is 0 Å². The molecule has 104 valence electrons. The molecule has 3 heteroatoms. The molecule has 0 saturated carbocycles. The summed E-state index contributed by atoms with van der Waals surface area (Å²) in [6.45, 7) is 12.7. The highest BCUT2D eigenvalue weighted by molar-refractivity contribution is 4.98. The minimum Gasteiger partial charge on any atom is -0.395 e. The zero-order chi connectivity index (χ0) is 13.1. The van der Waals surface area contributed by atoms with Crippen molar-refractivity contribution in [2.24, 2.45) is 0 Å². The van der Waals surface area contributed by atoms with E-state index in [1.54, 1.807) is 0 Å². The Balaban J connectivity index is 0.000000581. The van der Waals surface area contributed by atoms with E-state index in [1.165, 1.54) is 32.2 Å². The van der Waals surface area contributed by atoms with Crippen LogP contribution < -0.4 is 5.32 Å². The molecule has 2 aliphatic heterocycles. The smallest absolute Gasteiger partial charge is 0.0558 e. The fourth-order valence-electron chi connectivity index (χ4n) is 2.92. The molecule has 17 heavy (non-hydrogen) atoms. The molecule has 0 unspecified atom stereocenters. The zero-order valence-corrected chi connectivity index (χ0v) is 12.3. The lowest BCUT2D eigenvalue weighted by atomic mass is 9.86. The van der Waals surface area contributed by atoms with Crippen LogP contribution in [0, 0.1) is 0 Å². The first-order valence-corrected chi connectivity index (χ1v) is 7.44. The molecule has 0 radical (unpaired) electrons. The van der Waals surface area contributed by atoms with E-state index < -0.39 is 0 Å². The summed E-state index contributed by atoms with van der Waals surface area (Å²) in [6.07, 6.45) is 5.20. The Kier molecular flexibility index (Phi) is 9.79. The third-order valence-electron chi connectivity index (χ3n) is 3.65. The van der Waals surface area contributed by atoms with Gasteiger partial charge in [0.15, 0.2) is 0 Å². The number of β-amino-alcohol motifs (C(OH)–C–C–N with tert-alkyl or cyclic N) is 1. The molecule has 0 aromatic carbocycles. The molecular weight excluding hydrogens is 212 g/mol. The summed E-state index contributed by atoms with van der Waals surface area (Å²) < 4.78 is 0. The molecule has 2 saturated heterocycles. The molecule has 2 aliphatic rings. The van der Waals surface area contributed by atoms with Crippen LogP contribution in [-0.4, -0.2) is 48.3 Å². The van der Waals surface area contributed by atoms with Gasteiger partial charge in [0.25, 0.3) is 0 Å². The maximum Gasteiger partial charge on any atom is 0.0558 e. The van der Waals surface area contributed by atoms with Crippen LogP contribution in [0.5, 0.6) is 0 Å². The van der Waals surface area contributed by atoms with Crippen LogP contribution in [0.1, 0.15) is 53.4 Å². The molecular formula is C14H32N2O. The lowest BCUT2D eigenvalue weighted by Gasteiger charge is -2.41. The van der Waals surface area contributed by atoms with Crippen LogP contribution in [0.3, 0.4) is 0 Å². The Morgan fingerprint density at radius 1 is 1.06 bits per heavy atom. The molecule has 2 fully saturated rings. The fourth-order valence-corrected chi connectivity index (χ4v) is 2.92. The van der Waals surface area contributed by atoms with Gasteiger partial charge in [-0.05, 0) is 45.3 Å². The minimum absolute atomic E-state index is 0.315. The van der Waals surface area contributed by atoms with Gasteiger partial charge >= 0.3 is 0 Å². The molecule has 0 aliphatic carbocycles. The molecule has 3 nitrogen and oxygen atoms in total. The second-order valence-electron chi connectivity index (χ2n) is 4.29. The first-order chi connectivity index (χ1) is 8.37. The summed E-state index contributed by atoms with van der Waals surface area (Å²) in [4.78, 5) is 2.51. The number of rotatable bonds is 2. The van der Waals surface area contributed by atoms with Crippen molar-refractivity contribution in [3.8, 4) is 0 Å². The van der Waals surface area contributed by atoms with E-state index in [4.69, 9.17) is 5.11 Å². The van der Waals surface area contributed by atoms with Crippen molar-refractivity contribution in [2.45, 2.75) is 58.9 Å². The number of aliphatic hydroxyl groups excluding tert-OH is 1. The highest BCUT2D eigenvalue weighted by atomic mass is 16.3. The van der Waals surface area contributed by atoms with Crippen molar-refractivity contribution >= 4 is 0 Å². The van der Waals surface area contributed by atoms with Gasteiger partial charge in [-0.3, -0.25) is 4.90 Å². The summed E-state index contributed by atoms with van der Waals surface area (Å²) in [6, 6.07) is 0. The fraction of sp³-hybridized carbons (Fsp3) is 1.00. The van der Waals surface area contributed by atoms with Gasteiger partial charge in [0.05, 0.1) is 6.61 Å². The topological polar surface area (TPSA) is 35.5 Å². The summed E-state index contributed by atoms with van der Waals surface area (Å²) in [5.74, 6) is 0. The molecule has 0 bridgehead atoms. The number of hydrogen-bond acceptors (Lipinski definition) is 3. The van der Waals surface area contributed by atoms with Crippen molar-refractivity contribution in [3.63, 3.8) is 0 Å². The van der Waals surface area contributed by atoms with Crippen molar-refractivity contribution in [1.29, 1.82) is 0 Å². The van der Waals surface area contributed by atoms with Gasteiger partial charge in [0.1, 0.15) is 0 Å². The minimum atomic E-state index is 0.315. The van der Waals surface area contributed by atoms with Gasteiger partial charge in [-0.2, -0.15) is 0 Å². The normalized spacial score (nSPS) is 22.4. The summed E-state index contributed by atoms with van der Waals surface area (Å²) >= 11 is 0. The van der Waals surface area contributed by atoms with Crippen molar-refractivity contribution in [2.75, 3.05) is 32.8 Å². The van der Waals surface area contributed by atoms with Gasteiger partial charge in [-0.25, -0.2) is 0 Å². The molecule has 0 amide bonds. The average molecular weight is 244 g/mol. The quantitative estimate of drug-likeness (QED) is 0.782. The SMILES string of the molecule is CC.CC.OCCN1CCCC12CCNCC2. The summed E-state index contributed by atoms with van der Waals surface area (Å²) in [7, 11) is 0. The number of nitrogens with zero attached hydrogens (tertiary/aromatic N) is 1.